The molecule has 2 aromatic heterocycles. The first-order valence-corrected chi connectivity index (χ1v) is 6.40. The molecule has 0 saturated heterocycles. The molecule has 2 N–H and O–H groups in total. The fraction of sp³-hybridized carbons (Fsp3) is 0.154. The summed E-state index contributed by atoms with van der Waals surface area (Å²) in [4.78, 5) is 0. The van der Waals surface area contributed by atoms with Crippen molar-refractivity contribution >= 4 is 32.7 Å². The SMILES string of the molecule is Cn1nc(-c2cn(C)c3cc(Br)ccc23)cc1N. The van der Waals surface area contributed by atoms with E-state index in [1.54, 1.807) is 4.68 Å². The third-order valence-corrected chi connectivity index (χ3v) is 3.64. The lowest BCUT2D eigenvalue weighted by atomic mass is 10.1. The number of fused-ring (bicyclic) bond motifs is 1. The van der Waals surface area contributed by atoms with Gasteiger partial charge in [0.1, 0.15) is 5.82 Å². The molecule has 18 heavy (non-hydrogen) atoms. The third-order valence-electron chi connectivity index (χ3n) is 3.14. The molecule has 0 radical (unpaired) electrons. The molecule has 0 aliphatic heterocycles. The first-order valence-electron chi connectivity index (χ1n) is 5.61. The van der Waals surface area contributed by atoms with Crippen LogP contribution in [0.1, 0.15) is 0 Å². The van der Waals surface area contributed by atoms with Crippen molar-refractivity contribution < 1.29 is 0 Å². The summed E-state index contributed by atoms with van der Waals surface area (Å²) in [5.41, 5.74) is 9.02. The number of aryl methyl sites for hydroxylation is 2. The van der Waals surface area contributed by atoms with Crippen LogP contribution >= 0.6 is 15.9 Å². The van der Waals surface area contributed by atoms with Crippen molar-refractivity contribution in [3.8, 4) is 11.3 Å². The van der Waals surface area contributed by atoms with Gasteiger partial charge in [-0.15, -0.1) is 0 Å². The Morgan fingerprint density at radius 2 is 2.00 bits per heavy atom. The standard InChI is InChI=1S/C13H13BrN4/c1-17-7-10(11-6-13(15)18(2)16-11)9-4-3-8(14)5-12(9)17/h3-7H,15H2,1-2H3. The second-order valence-electron chi connectivity index (χ2n) is 4.39. The van der Waals surface area contributed by atoms with Gasteiger partial charge in [0, 0.05) is 47.3 Å². The van der Waals surface area contributed by atoms with Crippen LogP contribution in [0, 0.1) is 0 Å². The Balaban J connectivity index is 2.30. The molecule has 3 aromatic rings. The Labute approximate surface area is 113 Å². The number of benzene rings is 1. The van der Waals surface area contributed by atoms with Crippen molar-refractivity contribution in [2.45, 2.75) is 0 Å². The molecule has 0 aliphatic rings. The van der Waals surface area contributed by atoms with E-state index >= 15 is 0 Å². The summed E-state index contributed by atoms with van der Waals surface area (Å²) in [7, 11) is 3.88. The van der Waals surface area contributed by atoms with Crippen molar-refractivity contribution in [3.05, 3.63) is 34.9 Å². The van der Waals surface area contributed by atoms with Crippen molar-refractivity contribution in [1.29, 1.82) is 0 Å². The number of hydrogen-bond acceptors (Lipinski definition) is 2. The molecule has 3 rings (SSSR count). The van der Waals surface area contributed by atoms with Crippen molar-refractivity contribution in [2.24, 2.45) is 14.1 Å². The zero-order valence-electron chi connectivity index (χ0n) is 10.2. The average molecular weight is 305 g/mol. The molecule has 2 heterocycles. The maximum absolute atomic E-state index is 5.84. The number of hydrogen-bond donors (Lipinski definition) is 1. The van der Waals surface area contributed by atoms with Crippen LogP contribution in [0.4, 0.5) is 5.82 Å². The van der Waals surface area contributed by atoms with Gasteiger partial charge in [-0.2, -0.15) is 5.10 Å². The summed E-state index contributed by atoms with van der Waals surface area (Å²) in [6.45, 7) is 0. The number of nitrogen functional groups attached to an aromatic ring is 1. The molecule has 0 aliphatic carbocycles. The largest absolute Gasteiger partial charge is 0.384 e. The lowest BCUT2D eigenvalue weighted by molar-refractivity contribution is 0.782. The fourth-order valence-corrected chi connectivity index (χ4v) is 2.52. The van der Waals surface area contributed by atoms with E-state index in [9.17, 15) is 0 Å². The van der Waals surface area contributed by atoms with Crippen LogP contribution in [0.3, 0.4) is 0 Å². The van der Waals surface area contributed by atoms with Crippen LogP contribution in [-0.2, 0) is 14.1 Å². The lowest BCUT2D eigenvalue weighted by Gasteiger charge is -1.96. The third kappa shape index (κ3) is 1.62. The Bertz CT molecular complexity index is 719. The molecule has 4 nitrogen and oxygen atoms in total. The van der Waals surface area contributed by atoms with Gasteiger partial charge in [-0.3, -0.25) is 4.68 Å². The normalized spacial score (nSPS) is 11.3. The summed E-state index contributed by atoms with van der Waals surface area (Å²) in [5.74, 6) is 0.666. The number of nitrogens with zero attached hydrogens (tertiary/aromatic N) is 3. The van der Waals surface area contributed by atoms with Crippen LogP contribution in [0.2, 0.25) is 0 Å². The number of aromatic nitrogens is 3. The van der Waals surface area contributed by atoms with Gasteiger partial charge < -0.3 is 10.3 Å². The lowest BCUT2D eigenvalue weighted by Crippen LogP contribution is -1.96. The van der Waals surface area contributed by atoms with Crippen molar-refractivity contribution in [3.63, 3.8) is 0 Å². The zero-order chi connectivity index (χ0) is 12.9. The zero-order valence-corrected chi connectivity index (χ0v) is 11.8. The predicted molar refractivity (Wildman–Crippen MR) is 77.2 cm³/mol. The second-order valence-corrected chi connectivity index (χ2v) is 5.31. The van der Waals surface area contributed by atoms with Gasteiger partial charge in [-0.05, 0) is 12.1 Å². The van der Waals surface area contributed by atoms with Crippen molar-refractivity contribution in [1.82, 2.24) is 14.3 Å². The number of anilines is 1. The first-order chi connectivity index (χ1) is 8.56. The Morgan fingerprint density at radius 3 is 2.67 bits per heavy atom. The van der Waals surface area contributed by atoms with E-state index in [0.29, 0.717) is 5.82 Å². The molecular formula is C13H13BrN4. The molecule has 1 aromatic carbocycles. The summed E-state index contributed by atoms with van der Waals surface area (Å²) in [6, 6.07) is 8.14. The molecule has 0 fully saturated rings. The van der Waals surface area contributed by atoms with Crippen LogP contribution in [0.15, 0.2) is 34.9 Å². The smallest absolute Gasteiger partial charge is 0.121 e. The molecular weight excluding hydrogens is 292 g/mol. The van der Waals surface area contributed by atoms with Gasteiger partial charge in [0.2, 0.25) is 0 Å². The highest BCUT2D eigenvalue weighted by atomic mass is 79.9. The molecule has 0 unspecified atom stereocenters. The van der Waals surface area contributed by atoms with E-state index in [4.69, 9.17) is 5.73 Å². The minimum Gasteiger partial charge on any atom is -0.384 e. The second kappa shape index (κ2) is 3.88. The average Bonchev–Trinajstić information content (AvgIpc) is 2.82. The minimum absolute atomic E-state index is 0.666. The first kappa shape index (κ1) is 11.3. The van der Waals surface area contributed by atoms with Crippen LogP contribution in [0.25, 0.3) is 22.2 Å². The number of nitrogens with two attached hydrogens (primary N) is 1. The highest BCUT2D eigenvalue weighted by Gasteiger charge is 2.12. The van der Waals surface area contributed by atoms with Crippen LogP contribution in [0.5, 0.6) is 0 Å². The maximum atomic E-state index is 5.84. The highest BCUT2D eigenvalue weighted by Crippen LogP contribution is 2.31. The molecule has 5 heteroatoms. The van der Waals surface area contributed by atoms with Gasteiger partial charge in [0.25, 0.3) is 0 Å². The van der Waals surface area contributed by atoms with E-state index < -0.39 is 0 Å². The monoisotopic (exact) mass is 304 g/mol. The van der Waals surface area contributed by atoms with Gasteiger partial charge in [0.05, 0.1) is 5.69 Å². The summed E-state index contributed by atoms with van der Waals surface area (Å²) in [6.07, 6.45) is 2.08. The molecule has 92 valence electrons. The Morgan fingerprint density at radius 1 is 1.22 bits per heavy atom. The van der Waals surface area contributed by atoms with E-state index in [1.165, 1.54) is 10.9 Å². The molecule has 0 amide bonds. The quantitative estimate of drug-likeness (QED) is 0.751. The van der Waals surface area contributed by atoms with Gasteiger partial charge in [-0.1, -0.05) is 22.0 Å². The topological polar surface area (TPSA) is 48.8 Å². The number of halogens is 1. The Kier molecular flexibility index (Phi) is 2.45. The Hall–Kier alpha value is -1.75. The summed E-state index contributed by atoms with van der Waals surface area (Å²) >= 11 is 3.49. The van der Waals surface area contributed by atoms with Crippen LogP contribution < -0.4 is 5.73 Å². The highest BCUT2D eigenvalue weighted by molar-refractivity contribution is 9.10. The van der Waals surface area contributed by atoms with E-state index in [1.807, 2.05) is 26.2 Å². The maximum Gasteiger partial charge on any atom is 0.121 e. The van der Waals surface area contributed by atoms with Crippen LogP contribution in [-0.4, -0.2) is 14.3 Å². The van der Waals surface area contributed by atoms with E-state index in [-0.39, 0.29) is 0 Å². The molecule has 0 atom stereocenters. The van der Waals surface area contributed by atoms with E-state index in [0.717, 1.165) is 15.7 Å². The summed E-state index contributed by atoms with van der Waals surface area (Å²) in [5, 5.41) is 5.61. The molecule has 0 spiro atoms. The van der Waals surface area contributed by atoms with Gasteiger partial charge in [-0.25, -0.2) is 0 Å². The molecule has 0 saturated carbocycles. The van der Waals surface area contributed by atoms with Crippen molar-refractivity contribution in [2.75, 3.05) is 5.73 Å². The number of rotatable bonds is 1. The fourth-order valence-electron chi connectivity index (χ4n) is 2.17. The minimum atomic E-state index is 0.666. The van der Waals surface area contributed by atoms with E-state index in [2.05, 4.69) is 43.9 Å². The molecule has 0 bridgehead atoms. The predicted octanol–water partition coefficient (Wildman–Crippen LogP) is 2.92. The van der Waals surface area contributed by atoms with Gasteiger partial charge >= 0.3 is 0 Å². The van der Waals surface area contributed by atoms with Gasteiger partial charge in [0.15, 0.2) is 0 Å². The summed E-state index contributed by atoms with van der Waals surface area (Å²) < 4.78 is 4.86.